The number of carboxylic acids is 1. The van der Waals surface area contributed by atoms with Crippen LogP contribution in [0.1, 0.15) is 12.8 Å². The molecule has 0 radical (unpaired) electrons. The van der Waals surface area contributed by atoms with E-state index in [-0.39, 0.29) is 12.0 Å². The number of para-hydroxylation sites is 1. The van der Waals surface area contributed by atoms with Gasteiger partial charge in [-0.15, -0.1) is 0 Å². The number of aromatic nitrogens is 1. The van der Waals surface area contributed by atoms with Crippen molar-refractivity contribution in [2.45, 2.75) is 18.9 Å². The molecule has 0 amide bonds. The van der Waals surface area contributed by atoms with Gasteiger partial charge in [-0.2, -0.15) is 0 Å². The van der Waals surface area contributed by atoms with Crippen LogP contribution in [0.5, 0.6) is 5.75 Å². The average molecular weight is 243 g/mol. The summed E-state index contributed by atoms with van der Waals surface area (Å²) in [6, 6.07) is 9.65. The Hall–Kier alpha value is -2.10. The summed E-state index contributed by atoms with van der Waals surface area (Å²) < 4.78 is 5.82. The highest BCUT2D eigenvalue weighted by Gasteiger charge is 2.36. The Bertz CT molecular complexity index is 585. The lowest BCUT2D eigenvalue weighted by molar-refractivity contribution is -0.147. The minimum atomic E-state index is -0.731. The fraction of sp³-hybridized carbons (Fsp3) is 0.286. The number of aliphatic carboxylic acids is 1. The number of rotatable bonds is 3. The molecular formula is C14H13NO3. The Balaban J connectivity index is 1.78. The molecule has 0 unspecified atom stereocenters. The molecular weight excluding hydrogens is 230 g/mol. The maximum Gasteiger partial charge on any atom is 0.306 e. The van der Waals surface area contributed by atoms with Gasteiger partial charge in [0.1, 0.15) is 17.4 Å². The van der Waals surface area contributed by atoms with Gasteiger partial charge in [0, 0.05) is 11.6 Å². The Morgan fingerprint density at radius 2 is 2.06 bits per heavy atom. The predicted octanol–water partition coefficient (Wildman–Crippen LogP) is 2.48. The van der Waals surface area contributed by atoms with E-state index >= 15 is 0 Å². The molecule has 0 saturated heterocycles. The summed E-state index contributed by atoms with van der Waals surface area (Å²) in [6.07, 6.45) is 2.89. The van der Waals surface area contributed by atoms with Gasteiger partial charge in [0.05, 0.1) is 5.92 Å². The first-order chi connectivity index (χ1) is 8.74. The molecule has 1 N–H and O–H groups in total. The summed E-state index contributed by atoms with van der Waals surface area (Å²) in [4.78, 5) is 15.0. The molecule has 3 rings (SSSR count). The normalized spacial score (nSPS) is 22.4. The van der Waals surface area contributed by atoms with Gasteiger partial charge in [-0.1, -0.05) is 18.2 Å². The van der Waals surface area contributed by atoms with Crippen LogP contribution in [-0.2, 0) is 4.79 Å². The van der Waals surface area contributed by atoms with Crippen LogP contribution in [0, 0.1) is 5.92 Å². The molecule has 1 aromatic carbocycles. The van der Waals surface area contributed by atoms with E-state index in [4.69, 9.17) is 9.84 Å². The van der Waals surface area contributed by atoms with Gasteiger partial charge in [0.2, 0.25) is 0 Å². The number of carboxylic acid groups (broad SMARTS) is 1. The van der Waals surface area contributed by atoms with Crippen LogP contribution >= 0.6 is 0 Å². The van der Waals surface area contributed by atoms with E-state index < -0.39 is 5.97 Å². The van der Waals surface area contributed by atoms with Crippen molar-refractivity contribution in [1.82, 2.24) is 4.98 Å². The fourth-order valence-corrected chi connectivity index (χ4v) is 2.21. The molecule has 1 aliphatic rings. The molecule has 0 spiro atoms. The Morgan fingerprint density at radius 3 is 2.83 bits per heavy atom. The molecule has 1 saturated carbocycles. The number of hydrogen-bond donors (Lipinski definition) is 1. The van der Waals surface area contributed by atoms with Gasteiger partial charge in [-0.25, -0.2) is 0 Å². The van der Waals surface area contributed by atoms with Crippen LogP contribution in [0.25, 0.3) is 10.9 Å². The number of pyridine rings is 1. The predicted molar refractivity (Wildman–Crippen MR) is 66.5 cm³/mol. The van der Waals surface area contributed by atoms with Crippen molar-refractivity contribution >= 4 is 16.9 Å². The molecule has 92 valence electrons. The molecule has 4 heteroatoms. The monoisotopic (exact) mass is 243 g/mol. The first-order valence-corrected chi connectivity index (χ1v) is 5.97. The van der Waals surface area contributed by atoms with Crippen LogP contribution in [0.2, 0.25) is 0 Å². The van der Waals surface area contributed by atoms with E-state index in [0.717, 1.165) is 16.7 Å². The van der Waals surface area contributed by atoms with Gasteiger partial charge in [0.15, 0.2) is 0 Å². The number of fused-ring (bicyclic) bond motifs is 1. The molecule has 18 heavy (non-hydrogen) atoms. The zero-order valence-corrected chi connectivity index (χ0v) is 9.74. The second-order valence-corrected chi connectivity index (χ2v) is 4.58. The number of nitrogens with zero attached hydrogens (tertiary/aromatic N) is 1. The summed E-state index contributed by atoms with van der Waals surface area (Å²) in [5.74, 6) is -0.245. The lowest BCUT2D eigenvalue weighted by Gasteiger charge is -2.32. The smallest absolute Gasteiger partial charge is 0.306 e. The minimum absolute atomic E-state index is 0.00120. The standard InChI is InChI=1S/C14H13NO3/c16-14(17)10-7-11(8-10)18-12-5-1-3-9-4-2-6-15-13(9)12/h1-6,10-11H,7-8H2,(H,16,17). The van der Waals surface area contributed by atoms with E-state index in [1.807, 2.05) is 30.3 Å². The van der Waals surface area contributed by atoms with E-state index in [1.54, 1.807) is 6.20 Å². The topological polar surface area (TPSA) is 59.4 Å². The number of hydrogen-bond acceptors (Lipinski definition) is 3. The molecule has 2 aromatic rings. The van der Waals surface area contributed by atoms with E-state index in [1.165, 1.54) is 0 Å². The highest BCUT2D eigenvalue weighted by Crippen LogP contribution is 2.33. The molecule has 0 bridgehead atoms. The zero-order valence-electron chi connectivity index (χ0n) is 9.74. The maximum atomic E-state index is 10.7. The third-order valence-electron chi connectivity index (χ3n) is 3.33. The zero-order chi connectivity index (χ0) is 12.5. The van der Waals surface area contributed by atoms with Crippen LogP contribution in [-0.4, -0.2) is 22.2 Å². The lowest BCUT2D eigenvalue weighted by Crippen LogP contribution is -2.38. The molecule has 1 aromatic heterocycles. The van der Waals surface area contributed by atoms with Crippen molar-refractivity contribution < 1.29 is 14.6 Å². The van der Waals surface area contributed by atoms with Crippen LogP contribution < -0.4 is 4.74 Å². The van der Waals surface area contributed by atoms with Crippen LogP contribution in [0.15, 0.2) is 36.5 Å². The van der Waals surface area contributed by atoms with Crippen molar-refractivity contribution in [2.24, 2.45) is 5.92 Å². The first-order valence-electron chi connectivity index (χ1n) is 5.97. The summed E-state index contributed by atoms with van der Waals surface area (Å²) >= 11 is 0. The van der Waals surface area contributed by atoms with Crippen molar-refractivity contribution in [3.8, 4) is 5.75 Å². The Kier molecular flexibility index (Phi) is 2.63. The van der Waals surface area contributed by atoms with Gasteiger partial charge in [0.25, 0.3) is 0 Å². The average Bonchev–Trinajstić information content (AvgIpc) is 2.33. The molecule has 0 aliphatic heterocycles. The third-order valence-corrected chi connectivity index (χ3v) is 3.33. The largest absolute Gasteiger partial charge is 0.488 e. The number of ether oxygens (including phenoxy) is 1. The first kappa shape index (κ1) is 11.0. The van der Waals surface area contributed by atoms with E-state index in [9.17, 15) is 4.79 Å². The molecule has 0 atom stereocenters. The molecule has 1 aliphatic carbocycles. The third kappa shape index (κ3) is 1.90. The number of benzene rings is 1. The molecule has 4 nitrogen and oxygen atoms in total. The van der Waals surface area contributed by atoms with E-state index in [0.29, 0.717) is 12.8 Å². The second-order valence-electron chi connectivity index (χ2n) is 4.58. The minimum Gasteiger partial charge on any atom is -0.488 e. The highest BCUT2D eigenvalue weighted by molar-refractivity contribution is 5.84. The van der Waals surface area contributed by atoms with Gasteiger partial charge in [-0.3, -0.25) is 9.78 Å². The van der Waals surface area contributed by atoms with Crippen molar-refractivity contribution in [2.75, 3.05) is 0 Å². The maximum absolute atomic E-state index is 10.7. The SMILES string of the molecule is O=C(O)C1CC(Oc2cccc3cccnc23)C1. The van der Waals surface area contributed by atoms with E-state index in [2.05, 4.69) is 4.98 Å². The summed E-state index contributed by atoms with van der Waals surface area (Å²) in [6.45, 7) is 0. The quantitative estimate of drug-likeness (QED) is 0.899. The van der Waals surface area contributed by atoms with Crippen molar-refractivity contribution in [1.29, 1.82) is 0 Å². The summed E-state index contributed by atoms with van der Waals surface area (Å²) in [5, 5.41) is 9.85. The second kappa shape index (κ2) is 4.29. The highest BCUT2D eigenvalue weighted by atomic mass is 16.5. The number of carbonyl (C=O) groups is 1. The summed E-state index contributed by atoms with van der Waals surface area (Å²) in [7, 11) is 0. The van der Waals surface area contributed by atoms with Crippen LogP contribution in [0.3, 0.4) is 0 Å². The van der Waals surface area contributed by atoms with Gasteiger partial charge >= 0.3 is 5.97 Å². The lowest BCUT2D eigenvalue weighted by atomic mass is 9.82. The Labute approximate surface area is 104 Å². The van der Waals surface area contributed by atoms with Gasteiger partial charge < -0.3 is 9.84 Å². The van der Waals surface area contributed by atoms with Gasteiger partial charge in [-0.05, 0) is 25.0 Å². The summed E-state index contributed by atoms with van der Waals surface area (Å²) in [5.41, 5.74) is 0.832. The Morgan fingerprint density at radius 1 is 1.28 bits per heavy atom. The molecule has 1 heterocycles. The molecule has 1 fully saturated rings. The van der Waals surface area contributed by atoms with Crippen molar-refractivity contribution in [3.63, 3.8) is 0 Å². The van der Waals surface area contributed by atoms with Crippen LogP contribution in [0.4, 0.5) is 0 Å². The fourth-order valence-electron chi connectivity index (χ4n) is 2.21. The van der Waals surface area contributed by atoms with Crippen molar-refractivity contribution in [3.05, 3.63) is 36.5 Å².